The first-order valence-corrected chi connectivity index (χ1v) is 7.77. The SMILES string of the molecule is Fc1cc(C2CCC(/C=C/CC(F)(F)F)CC2)cc(F)c1C(F)(F)F. The summed E-state index contributed by atoms with van der Waals surface area (Å²) in [4.78, 5) is 0. The summed E-state index contributed by atoms with van der Waals surface area (Å²) in [7, 11) is 0. The molecule has 0 atom stereocenters. The molecule has 0 saturated heterocycles. The molecule has 8 heteroatoms. The maximum absolute atomic E-state index is 13.6. The molecule has 1 saturated carbocycles. The van der Waals surface area contributed by atoms with Gasteiger partial charge in [-0.25, -0.2) is 8.78 Å². The number of benzene rings is 1. The lowest BCUT2D eigenvalue weighted by atomic mass is 9.78. The lowest BCUT2D eigenvalue weighted by Crippen LogP contribution is -2.15. The van der Waals surface area contributed by atoms with Gasteiger partial charge in [0.05, 0.1) is 6.42 Å². The van der Waals surface area contributed by atoms with Gasteiger partial charge in [0.1, 0.15) is 17.2 Å². The van der Waals surface area contributed by atoms with Gasteiger partial charge in [-0.3, -0.25) is 0 Å². The molecule has 0 nitrogen and oxygen atoms in total. The number of rotatable bonds is 3. The fraction of sp³-hybridized carbons (Fsp3) is 0.529. The summed E-state index contributed by atoms with van der Waals surface area (Å²) in [6.45, 7) is 0. The van der Waals surface area contributed by atoms with Crippen LogP contribution in [-0.2, 0) is 6.18 Å². The van der Waals surface area contributed by atoms with Gasteiger partial charge in [-0.1, -0.05) is 12.2 Å². The van der Waals surface area contributed by atoms with Crippen molar-refractivity contribution in [3.63, 3.8) is 0 Å². The summed E-state index contributed by atoms with van der Waals surface area (Å²) in [6, 6.07) is 1.41. The first-order chi connectivity index (χ1) is 11.5. The van der Waals surface area contributed by atoms with Crippen molar-refractivity contribution >= 4 is 0 Å². The molecule has 0 aliphatic heterocycles. The van der Waals surface area contributed by atoms with Gasteiger partial charge in [-0.05, 0) is 55.2 Å². The third-order valence-electron chi connectivity index (χ3n) is 4.35. The Morgan fingerprint density at radius 2 is 1.40 bits per heavy atom. The minimum Gasteiger partial charge on any atom is -0.206 e. The van der Waals surface area contributed by atoms with Gasteiger partial charge in [0.2, 0.25) is 0 Å². The van der Waals surface area contributed by atoms with E-state index in [0.717, 1.165) is 6.08 Å². The van der Waals surface area contributed by atoms with Crippen LogP contribution in [0.4, 0.5) is 35.1 Å². The Balaban J connectivity index is 2.02. The van der Waals surface area contributed by atoms with Gasteiger partial charge < -0.3 is 0 Å². The fourth-order valence-electron chi connectivity index (χ4n) is 3.14. The molecule has 0 N–H and O–H groups in total. The number of halogens is 8. The van der Waals surface area contributed by atoms with Crippen molar-refractivity contribution in [3.05, 3.63) is 47.0 Å². The molecule has 0 amide bonds. The van der Waals surface area contributed by atoms with Crippen LogP contribution in [0.1, 0.15) is 49.1 Å². The van der Waals surface area contributed by atoms with Crippen molar-refractivity contribution in [3.8, 4) is 0 Å². The summed E-state index contributed by atoms with van der Waals surface area (Å²) in [6.07, 6.45) is -5.90. The zero-order valence-corrected chi connectivity index (χ0v) is 13.0. The predicted molar refractivity (Wildman–Crippen MR) is 75.9 cm³/mol. The van der Waals surface area contributed by atoms with Crippen molar-refractivity contribution in [2.45, 2.75) is 50.4 Å². The first kappa shape index (κ1) is 19.7. The molecule has 1 aliphatic rings. The van der Waals surface area contributed by atoms with E-state index in [1.165, 1.54) is 6.08 Å². The van der Waals surface area contributed by atoms with E-state index in [-0.39, 0.29) is 17.4 Å². The standard InChI is InChI=1S/C17H16F8/c18-13-8-12(9-14(19)15(13)17(23,24)25)11-5-3-10(4-6-11)2-1-7-16(20,21)22/h1-2,8-11H,3-7H2/b2-1+. The van der Waals surface area contributed by atoms with E-state index in [9.17, 15) is 35.1 Å². The van der Waals surface area contributed by atoms with Crippen LogP contribution in [0.5, 0.6) is 0 Å². The van der Waals surface area contributed by atoms with Gasteiger partial charge in [-0.15, -0.1) is 0 Å². The maximum Gasteiger partial charge on any atom is 0.422 e. The van der Waals surface area contributed by atoms with Crippen molar-refractivity contribution in [2.75, 3.05) is 0 Å². The molecule has 1 fully saturated rings. The molecular weight excluding hydrogens is 356 g/mol. The summed E-state index contributed by atoms with van der Waals surface area (Å²) >= 11 is 0. The number of alkyl halides is 6. The van der Waals surface area contributed by atoms with E-state index < -0.39 is 36.0 Å². The zero-order valence-electron chi connectivity index (χ0n) is 13.0. The molecule has 0 aromatic heterocycles. The lowest BCUT2D eigenvalue weighted by molar-refractivity contribution is -0.142. The zero-order chi connectivity index (χ0) is 18.8. The van der Waals surface area contributed by atoms with Gasteiger partial charge in [0.15, 0.2) is 0 Å². The highest BCUT2D eigenvalue weighted by atomic mass is 19.4. The van der Waals surface area contributed by atoms with Crippen LogP contribution in [0.2, 0.25) is 0 Å². The second-order valence-electron chi connectivity index (χ2n) is 6.22. The monoisotopic (exact) mass is 372 g/mol. The van der Waals surface area contributed by atoms with Crippen LogP contribution >= 0.6 is 0 Å². The van der Waals surface area contributed by atoms with Gasteiger partial charge in [-0.2, -0.15) is 26.3 Å². The molecule has 2 rings (SSSR count). The molecule has 0 radical (unpaired) electrons. The average molecular weight is 372 g/mol. The first-order valence-electron chi connectivity index (χ1n) is 7.77. The van der Waals surface area contributed by atoms with Crippen LogP contribution in [0.3, 0.4) is 0 Å². The molecule has 25 heavy (non-hydrogen) atoms. The smallest absolute Gasteiger partial charge is 0.206 e. The van der Waals surface area contributed by atoms with E-state index in [2.05, 4.69) is 0 Å². The molecular formula is C17H16F8. The van der Waals surface area contributed by atoms with Crippen molar-refractivity contribution < 1.29 is 35.1 Å². The Morgan fingerprint density at radius 3 is 1.84 bits per heavy atom. The van der Waals surface area contributed by atoms with Crippen molar-refractivity contribution in [2.24, 2.45) is 5.92 Å². The normalized spacial score (nSPS) is 22.6. The van der Waals surface area contributed by atoms with Crippen molar-refractivity contribution in [1.82, 2.24) is 0 Å². The van der Waals surface area contributed by atoms with E-state index in [1.54, 1.807) is 0 Å². The Labute approximate surface area is 139 Å². The number of hydrogen-bond acceptors (Lipinski definition) is 0. The molecule has 0 spiro atoms. The molecule has 0 heterocycles. The molecule has 1 aromatic carbocycles. The Hall–Kier alpha value is -1.60. The number of allylic oxidation sites excluding steroid dienone is 2. The summed E-state index contributed by atoms with van der Waals surface area (Å²) in [5.41, 5.74) is -1.75. The van der Waals surface area contributed by atoms with Gasteiger partial charge >= 0.3 is 12.4 Å². The maximum atomic E-state index is 13.6. The highest BCUT2D eigenvalue weighted by Gasteiger charge is 2.38. The Kier molecular flexibility index (Phi) is 5.79. The molecule has 0 bridgehead atoms. The largest absolute Gasteiger partial charge is 0.422 e. The molecule has 1 aliphatic carbocycles. The molecule has 0 unspecified atom stereocenters. The topological polar surface area (TPSA) is 0 Å². The summed E-state index contributed by atoms with van der Waals surface area (Å²) in [5, 5.41) is 0. The number of hydrogen-bond donors (Lipinski definition) is 0. The minimum atomic E-state index is -5.10. The fourth-order valence-corrected chi connectivity index (χ4v) is 3.14. The van der Waals surface area contributed by atoms with Crippen LogP contribution in [0.25, 0.3) is 0 Å². The summed E-state index contributed by atoms with van der Waals surface area (Å²) in [5.74, 6) is -3.66. The lowest BCUT2D eigenvalue weighted by Gasteiger charge is -2.27. The van der Waals surface area contributed by atoms with Crippen LogP contribution < -0.4 is 0 Å². The predicted octanol–water partition coefficient (Wildman–Crippen LogP) is 6.77. The Morgan fingerprint density at radius 1 is 0.880 bits per heavy atom. The van der Waals surface area contributed by atoms with E-state index >= 15 is 0 Å². The highest BCUT2D eigenvalue weighted by Crippen LogP contribution is 2.40. The van der Waals surface area contributed by atoms with Crippen LogP contribution in [-0.4, -0.2) is 6.18 Å². The quantitative estimate of drug-likeness (QED) is 0.406. The summed E-state index contributed by atoms with van der Waals surface area (Å²) < 4.78 is 101. The second-order valence-corrected chi connectivity index (χ2v) is 6.22. The molecule has 140 valence electrons. The third-order valence-corrected chi connectivity index (χ3v) is 4.35. The third kappa shape index (κ3) is 5.44. The Bertz CT molecular complexity index is 596. The van der Waals surface area contributed by atoms with Crippen molar-refractivity contribution in [1.29, 1.82) is 0 Å². The van der Waals surface area contributed by atoms with Crippen LogP contribution in [0.15, 0.2) is 24.3 Å². The second kappa shape index (κ2) is 7.33. The average Bonchev–Trinajstić information content (AvgIpc) is 2.44. The van der Waals surface area contributed by atoms with E-state index in [1.807, 2.05) is 0 Å². The van der Waals surface area contributed by atoms with E-state index in [4.69, 9.17) is 0 Å². The van der Waals surface area contributed by atoms with Gasteiger partial charge in [0.25, 0.3) is 0 Å². The highest BCUT2D eigenvalue weighted by molar-refractivity contribution is 5.30. The van der Waals surface area contributed by atoms with Crippen LogP contribution in [0, 0.1) is 17.6 Å². The minimum absolute atomic E-state index is 0.0669. The van der Waals surface area contributed by atoms with E-state index in [0.29, 0.717) is 37.8 Å². The van der Waals surface area contributed by atoms with Gasteiger partial charge in [0, 0.05) is 0 Å². The molecule has 1 aromatic rings.